The highest BCUT2D eigenvalue weighted by molar-refractivity contribution is 5.91. The molecule has 6 aliphatic rings. The Morgan fingerprint density at radius 1 is 1.05 bits per heavy atom. The van der Waals surface area contributed by atoms with Crippen LogP contribution >= 0.6 is 0 Å². The molecule has 1 aliphatic carbocycles. The van der Waals surface area contributed by atoms with Crippen molar-refractivity contribution >= 4 is 11.7 Å². The Bertz CT molecular complexity index is 1300. The first-order valence-electron chi connectivity index (χ1n) is 13.2. The summed E-state index contributed by atoms with van der Waals surface area (Å²) in [6.07, 6.45) is 4.24. The van der Waals surface area contributed by atoms with Gasteiger partial charge in [0.25, 0.3) is 0 Å². The molecule has 8 rings (SSSR count). The molecule has 1 saturated carbocycles. The van der Waals surface area contributed by atoms with Crippen molar-refractivity contribution < 1.29 is 23.7 Å². The van der Waals surface area contributed by atoms with Crippen LogP contribution < -0.4 is 19.1 Å². The minimum Gasteiger partial charge on any atom is -0.493 e. The summed E-state index contributed by atoms with van der Waals surface area (Å²) in [5, 5.41) is 0. The number of carbonyl (C=O) groups excluding carboxylic acids is 1. The highest BCUT2D eigenvalue weighted by Crippen LogP contribution is 2.68. The number of fused-ring (bicyclic) bond motifs is 2. The van der Waals surface area contributed by atoms with E-state index in [0.29, 0.717) is 40.8 Å². The zero-order valence-corrected chi connectivity index (χ0v) is 22.1. The molecule has 37 heavy (non-hydrogen) atoms. The maximum atomic E-state index is 13.9. The molecule has 1 spiro atoms. The second-order valence-corrected chi connectivity index (χ2v) is 11.1. The fraction of sp³-hybridized carbons (Fsp3) is 0.500. The number of carbonyl (C=O) groups is 1. The summed E-state index contributed by atoms with van der Waals surface area (Å²) in [6, 6.07) is 13.3. The number of para-hydroxylation sites is 1. The Kier molecular flexibility index (Phi) is 4.91. The second kappa shape index (κ2) is 7.90. The summed E-state index contributed by atoms with van der Waals surface area (Å²) < 4.78 is 23.2. The Balaban J connectivity index is 1.35. The van der Waals surface area contributed by atoms with E-state index in [1.54, 1.807) is 33.5 Å². The van der Waals surface area contributed by atoms with E-state index in [-0.39, 0.29) is 29.4 Å². The summed E-state index contributed by atoms with van der Waals surface area (Å²) in [4.78, 5) is 19.1. The molecular weight excluding hydrogens is 468 g/mol. The van der Waals surface area contributed by atoms with Gasteiger partial charge in [0.2, 0.25) is 5.75 Å². The first kappa shape index (κ1) is 23.0. The second-order valence-electron chi connectivity index (χ2n) is 11.1. The molecule has 5 heterocycles. The molecule has 7 nitrogen and oxygen atoms in total. The number of esters is 1. The molecule has 0 N–H and O–H groups in total. The van der Waals surface area contributed by atoms with Gasteiger partial charge >= 0.3 is 5.97 Å². The number of hydrogen-bond donors (Lipinski definition) is 0. The van der Waals surface area contributed by atoms with Gasteiger partial charge < -0.3 is 23.8 Å². The van der Waals surface area contributed by atoms with Crippen LogP contribution in [0.25, 0.3) is 0 Å². The summed E-state index contributed by atoms with van der Waals surface area (Å²) in [6.45, 7) is 3.19. The molecule has 2 aromatic carbocycles. The SMILES string of the molecule is CC=C1CN2[C@H]3CC45c6ccccc6N(C)[C@H]4[C@@H]2C[C@@H]1[C@@H]3[C@H]5OC(=O)c1cc(OC)c(OC)c(OC)c1. The van der Waals surface area contributed by atoms with Gasteiger partial charge in [0, 0.05) is 37.3 Å². The molecule has 0 aromatic heterocycles. The van der Waals surface area contributed by atoms with E-state index in [4.69, 9.17) is 18.9 Å². The van der Waals surface area contributed by atoms with Crippen molar-refractivity contribution in [3.63, 3.8) is 0 Å². The van der Waals surface area contributed by atoms with E-state index < -0.39 is 0 Å². The van der Waals surface area contributed by atoms with Gasteiger partial charge in [-0.1, -0.05) is 29.8 Å². The Labute approximate surface area is 217 Å². The number of methoxy groups -OCH3 is 3. The first-order valence-corrected chi connectivity index (χ1v) is 13.2. The van der Waals surface area contributed by atoms with E-state index in [0.717, 1.165) is 19.4 Å². The maximum absolute atomic E-state index is 13.9. The van der Waals surface area contributed by atoms with E-state index in [1.807, 2.05) is 0 Å². The summed E-state index contributed by atoms with van der Waals surface area (Å²) in [5.41, 5.74) is 4.31. The average molecular weight is 503 g/mol. The lowest BCUT2D eigenvalue weighted by Gasteiger charge is -2.58. The molecule has 5 fully saturated rings. The van der Waals surface area contributed by atoms with Crippen molar-refractivity contribution in [2.45, 2.75) is 49.4 Å². The van der Waals surface area contributed by atoms with Crippen molar-refractivity contribution in [2.75, 3.05) is 39.8 Å². The van der Waals surface area contributed by atoms with Crippen molar-refractivity contribution in [3.05, 3.63) is 59.2 Å². The molecule has 4 saturated heterocycles. The quantitative estimate of drug-likeness (QED) is 0.452. The van der Waals surface area contributed by atoms with E-state index >= 15 is 0 Å². The van der Waals surface area contributed by atoms with Gasteiger partial charge in [-0.25, -0.2) is 4.79 Å². The lowest BCUT2D eigenvalue weighted by atomic mass is 9.65. The molecule has 5 aliphatic heterocycles. The fourth-order valence-electron chi connectivity index (χ4n) is 8.89. The maximum Gasteiger partial charge on any atom is 0.338 e. The number of hydrogen-bond acceptors (Lipinski definition) is 7. The zero-order valence-electron chi connectivity index (χ0n) is 22.1. The predicted molar refractivity (Wildman–Crippen MR) is 140 cm³/mol. The smallest absolute Gasteiger partial charge is 0.338 e. The van der Waals surface area contributed by atoms with Crippen LogP contribution in [0.3, 0.4) is 0 Å². The minimum absolute atomic E-state index is 0.212. The Morgan fingerprint density at radius 3 is 2.46 bits per heavy atom. The third kappa shape index (κ3) is 2.73. The summed E-state index contributed by atoms with van der Waals surface area (Å²) in [5.74, 6) is 1.75. The first-order chi connectivity index (χ1) is 18.0. The highest BCUT2D eigenvalue weighted by Gasteiger charge is 2.75. The summed E-state index contributed by atoms with van der Waals surface area (Å²) >= 11 is 0. The largest absolute Gasteiger partial charge is 0.493 e. The normalized spacial score (nSPS) is 36.9. The number of rotatable bonds is 5. The van der Waals surface area contributed by atoms with E-state index in [9.17, 15) is 4.79 Å². The summed E-state index contributed by atoms with van der Waals surface area (Å²) in [7, 11) is 6.91. The van der Waals surface area contributed by atoms with Crippen molar-refractivity contribution in [3.8, 4) is 17.2 Å². The van der Waals surface area contributed by atoms with Gasteiger partial charge in [-0.05, 0) is 49.4 Å². The van der Waals surface area contributed by atoms with Gasteiger partial charge in [-0.15, -0.1) is 0 Å². The fourth-order valence-corrected chi connectivity index (χ4v) is 8.89. The van der Waals surface area contributed by atoms with Gasteiger partial charge in [-0.3, -0.25) is 4.90 Å². The number of piperidine rings is 4. The van der Waals surface area contributed by atoms with Gasteiger partial charge in [0.15, 0.2) is 11.5 Å². The third-order valence-corrected chi connectivity index (χ3v) is 10.1. The van der Waals surface area contributed by atoms with Crippen LogP contribution in [0.4, 0.5) is 5.69 Å². The van der Waals surface area contributed by atoms with Gasteiger partial charge in [0.1, 0.15) is 6.10 Å². The molecule has 0 radical (unpaired) electrons. The Hall–Kier alpha value is -3.19. The monoisotopic (exact) mass is 502 g/mol. The molecule has 2 aromatic rings. The van der Waals surface area contributed by atoms with Gasteiger partial charge in [-0.2, -0.15) is 0 Å². The molecular formula is C30H34N2O5. The molecule has 0 amide bonds. The van der Waals surface area contributed by atoms with Crippen LogP contribution in [0.1, 0.15) is 35.7 Å². The Morgan fingerprint density at radius 2 is 1.78 bits per heavy atom. The number of anilines is 1. The van der Waals surface area contributed by atoms with Crippen molar-refractivity contribution in [2.24, 2.45) is 11.8 Å². The molecule has 2 unspecified atom stereocenters. The predicted octanol–water partition coefficient (Wildman–Crippen LogP) is 4.05. The minimum atomic E-state index is -0.340. The van der Waals surface area contributed by atoms with Crippen molar-refractivity contribution in [1.29, 1.82) is 0 Å². The average Bonchev–Trinajstić information content (AvgIpc) is 3.34. The van der Waals surface area contributed by atoms with Crippen LogP contribution in [-0.2, 0) is 10.2 Å². The lowest BCUT2D eigenvalue weighted by molar-refractivity contribution is -0.0390. The number of allylic oxidation sites excluding steroid dienone is 1. The highest BCUT2D eigenvalue weighted by atomic mass is 16.5. The van der Waals surface area contributed by atoms with Crippen molar-refractivity contribution in [1.82, 2.24) is 4.90 Å². The molecule has 7 heteroatoms. The molecule has 8 atom stereocenters. The van der Waals surface area contributed by atoms with Crippen LogP contribution in [0.5, 0.6) is 17.2 Å². The van der Waals surface area contributed by atoms with Crippen LogP contribution in [-0.4, -0.2) is 70.0 Å². The van der Waals surface area contributed by atoms with Crippen LogP contribution in [0.15, 0.2) is 48.0 Å². The molecule has 6 bridgehead atoms. The molecule has 194 valence electrons. The number of nitrogens with zero attached hydrogens (tertiary/aromatic N) is 2. The lowest BCUT2D eigenvalue weighted by Crippen LogP contribution is -2.68. The van der Waals surface area contributed by atoms with Crippen LogP contribution in [0.2, 0.25) is 0 Å². The van der Waals surface area contributed by atoms with Crippen LogP contribution in [0, 0.1) is 11.8 Å². The third-order valence-electron chi connectivity index (χ3n) is 10.1. The standard InChI is InChI=1S/C30H34N2O5/c1-6-16-15-32-21-13-18(16)25-22(32)14-30(19-9-7-8-10-20(19)31(2)27(21)30)28(25)37-29(33)17-11-23(34-3)26(36-5)24(12-17)35-4/h6-12,18,21-22,25,27-28H,13-15H2,1-5H3/t18-,21-,22-,25-,27-,28+,30?/m0/s1. The van der Waals surface area contributed by atoms with Gasteiger partial charge in [0.05, 0.1) is 38.3 Å². The van der Waals surface area contributed by atoms with E-state index in [1.165, 1.54) is 16.8 Å². The van der Waals surface area contributed by atoms with E-state index in [2.05, 4.69) is 54.1 Å². The zero-order chi connectivity index (χ0) is 25.6. The number of benzene rings is 2. The number of ether oxygens (including phenoxy) is 4. The number of likely N-dealkylation sites (N-methyl/N-ethyl adjacent to an activating group) is 1. The topological polar surface area (TPSA) is 60.5 Å².